The second-order valence-corrected chi connectivity index (χ2v) is 6.25. The zero-order chi connectivity index (χ0) is 17.4. The Labute approximate surface area is 153 Å². The molecule has 0 fully saturated rings. The quantitative estimate of drug-likeness (QED) is 0.409. The van der Waals surface area contributed by atoms with Crippen LogP contribution >= 0.6 is 22.6 Å². The Morgan fingerprint density at radius 1 is 0.958 bits per heavy atom. The molecule has 0 spiro atoms. The second kappa shape index (κ2) is 9.17. The summed E-state index contributed by atoms with van der Waals surface area (Å²) in [5.74, 6) is -1.12. The molecule has 0 heterocycles. The predicted molar refractivity (Wildman–Crippen MR) is 98.8 cm³/mol. The van der Waals surface area contributed by atoms with Crippen molar-refractivity contribution in [2.45, 2.75) is 12.8 Å². The van der Waals surface area contributed by atoms with Crippen LogP contribution in [0.1, 0.15) is 23.2 Å². The Morgan fingerprint density at radius 3 is 2.42 bits per heavy atom. The van der Waals surface area contributed by atoms with Crippen molar-refractivity contribution in [1.82, 2.24) is 0 Å². The van der Waals surface area contributed by atoms with Gasteiger partial charge in [0.2, 0.25) is 0 Å². The van der Waals surface area contributed by atoms with Gasteiger partial charge in [0.15, 0.2) is 12.4 Å². The zero-order valence-electron chi connectivity index (χ0n) is 12.8. The summed E-state index contributed by atoms with van der Waals surface area (Å²) in [6, 6.07) is 16.0. The molecule has 0 aliphatic rings. The monoisotopic (exact) mass is 437 g/mol. The number of ketones is 1. The third kappa shape index (κ3) is 6.11. The molecular weight excluding hydrogens is 421 g/mol. The maximum Gasteiger partial charge on any atom is 0.306 e. The molecule has 6 heteroatoms. The zero-order valence-corrected chi connectivity index (χ0v) is 15.0. The van der Waals surface area contributed by atoms with Crippen LogP contribution < -0.4 is 5.32 Å². The summed E-state index contributed by atoms with van der Waals surface area (Å²) in [5.41, 5.74) is 1.20. The molecule has 1 amide bonds. The molecule has 0 aliphatic heterocycles. The van der Waals surface area contributed by atoms with Gasteiger partial charge in [0, 0.05) is 21.2 Å². The fourth-order valence-electron chi connectivity index (χ4n) is 1.97. The largest absolute Gasteiger partial charge is 0.456 e. The van der Waals surface area contributed by atoms with Crippen molar-refractivity contribution in [1.29, 1.82) is 0 Å². The van der Waals surface area contributed by atoms with E-state index >= 15 is 0 Å². The summed E-state index contributed by atoms with van der Waals surface area (Å²) in [5, 5.41) is 2.64. The first-order valence-electron chi connectivity index (χ1n) is 7.34. The summed E-state index contributed by atoms with van der Waals surface area (Å²) < 4.78 is 5.88. The van der Waals surface area contributed by atoms with Gasteiger partial charge in [-0.05, 0) is 40.8 Å². The van der Waals surface area contributed by atoms with Crippen molar-refractivity contribution in [2.75, 3.05) is 11.9 Å². The number of anilines is 1. The van der Waals surface area contributed by atoms with Crippen molar-refractivity contribution in [2.24, 2.45) is 0 Å². The van der Waals surface area contributed by atoms with Crippen molar-refractivity contribution in [3.63, 3.8) is 0 Å². The van der Waals surface area contributed by atoms with E-state index in [2.05, 4.69) is 27.9 Å². The number of ether oxygens (including phenoxy) is 1. The summed E-state index contributed by atoms with van der Waals surface area (Å²) in [6.07, 6.45) is 0.00554. The number of hydrogen-bond acceptors (Lipinski definition) is 4. The maximum absolute atomic E-state index is 11.9. The van der Waals surface area contributed by atoms with E-state index in [1.165, 1.54) is 0 Å². The lowest BCUT2D eigenvalue weighted by atomic mass is 10.1. The lowest BCUT2D eigenvalue weighted by molar-refractivity contribution is -0.147. The number of nitrogens with one attached hydrogen (secondary N) is 1. The van der Waals surface area contributed by atoms with Crippen LogP contribution in [0.2, 0.25) is 0 Å². The smallest absolute Gasteiger partial charge is 0.306 e. The van der Waals surface area contributed by atoms with Crippen molar-refractivity contribution in [3.05, 3.63) is 63.7 Å². The van der Waals surface area contributed by atoms with E-state index in [-0.39, 0.29) is 25.2 Å². The summed E-state index contributed by atoms with van der Waals surface area (Å²) in [4.78, 5) is 35.2. The molecule has 0 aromatic heterocycles. The summed E-state index contributed by atoms with van der Waals surface area (Å²) >= 11 is 2.14. The topological polar surface area (TPSA) is 72.5 Å². The number of carbonyl (C=O) groups is 3. The molecule has 0 unspecified atom stereocenters. The van der Waals surface area contributed by atoms with E-state index in [0.29, 0.717) is 11.3 Å². The number of Topliss-reactive ketones (excluding diaryl/α,β-unsaturated/α-hetero) is 1. The average Bonchev–Trinajstić information content (AvgIpc) is 2.58. The highest BCUT2D eigenvalue weighted by Gasteiger charge is 2.12. The van der Waals surface area contributed by atoms with Crippen LogP contribution in [0.5, 0.6) is 0 Å². The number of carbonyl (C=O) groups excluding carboxylic acids is 3. The van der Waals surface area contributed by atoms with Crippen molar-refractivity contribution < 1.29 is 19.1 Å². The average molecular weight is 437 g/mol. The van der Waals surface area contributed by atoms with Gasteiger partial charge in [-0.25, -0.2) is 0 Å². The van der Waals surface area contributed by atoms with E-state index in [9.17, 15) is 14.4 Å². The summed E-state index contributed by atoms with van der Waals surface area (Å²) in [6.45, 7) is -0.371. The van der Waals surface area contributed by atoms with Crippen LogP contribution in [0, 0.1) is 3.57 Å². The number of rotatable bonds is 7. The highest BCUT2D eigenvalue weighted by molar-refractivity contribution is 14.1. The summed E-state index contributed by atoms with van der Waals surface area (Å²) in [7, 11) is 0. The Bertz CT molecular complexity index is 731. The standard InChI is InChI=1S/C18H16INO4/c19-14-7-4-8-15(11-14)20-17(22)12-24-18(23)10-9-16(21)13-5-2-1-3-6-13/h1-8,11H,9-10,12H2,(H,20,22). The van der Waals surface area contributed by atoms with E-state index in [1.807, 2.05) is 18.2 Å². The first-order valence-corrected chi connectivity index (χ1v) is 8.42. The van der Waals surface area contributed by atoms with E-state index in [1.54, 1.807) is 36.4 Å². The molecule has 0 saturated heterocycles. The molecule has 2 rings (SSSR count). The lowest BCUT2D eigenvalue weighted by Crippen LogP contribution is -2.21. The van der Waals surface area contributed by atoms with Gasteiger partial charge >= 0.3 is 5.97 Å². The predicted octanol–water partition coefficient (Wildman–Crippen LogP) is 3.44. The third-order valence-corrected chi connectivity index (χ3v) is 3.80. The number of halogens is 1. The Kier molecular flexibility index (Phi) is 6.92. The minimum absolute atomic E-state index is 0.0513. The van der Waals surface area contributed by atoms with Crippen LogP contribution in [0.15, 0.2) is 54.6 Å². The van der Waals surface area contributed by atoms with Gasteiger partial charge in [0.05, 0.1) is 6.42 Å². The molecule has 0 atom stereocenters. The first kappa shape index (κ1) is 18.1. The molecule has 5 nitrogen and oxygen atoms in total. The molecule has 24 heavy (non-hydrogen) atoms. The van der Waals surface area contributed by atoms with Gasteiger partial charge in [-0.3, -0.25) is 14.4 Å². The Hall–Kier alpha value is -2.22. The minimum Gasteiger partial charge on any atom is -0.456 e. The third-order valence-electron chi connectivity index (χ3n) is 3.12. The number of amides is 1. The van der Waals surface area contributed by atoms with E-state index in [0.717, 1.165) is 3.57 Å². The van der Waals surface area contributed by atoms with Crippen LogP contribution in [0.3, 0.4) is 0 Å². The van der Waals surface area contributed by atoms with Crippen LogP contribution in [-0.4, -0.2) is 24.3 Å². The van der Waals surface area contributed by atoms with Crippen LogP contribution in [0.25, 0.3) is 0 Å². The molecule has 0 aliphatic carbocycles. The number of esters is 1. The van der Waals surface area contributed by atoms with Gasteiger partial charge in [-0.15, -0.1) is 0 Å². The molecular formula is C18H16INO4. The van der Waals surface area contributed by atoms with Gasteiger partial charge in [-0.1, -0.05) is 36.4 Å². The Balaban J connectivity index is 1.71. The van der Waals surface area contributed by atoms with Gasteiger partial charge in [0.1, 0.15) is 0 Å². The SMILES string of the molecule is O=C(COC(=O)CCC(=O)c1ccccc1)Nc1cccc(I)c1. The molecule has 1 N–H and O–H groups in total. The number of benzene rings is 2. The second-order valence-electron chi connectivity index (χ2n) is 5.01. The normalized spacial score (nSPS) is 10.0. The molecule has 0 bridgehead atoms. The van der Waals surface area contributed by atoms with Crippen LogP contribution in [0.4, 0.5) is 5.69 Å². The van der Waals surface area contributed by atoms with Gasteiger partial charge < -0.3 is 10.1 Å². The molecule has 2 aromatic rings. The Morgan fingerprint density at radius 2 is 1.71 bits per heavy atom. The van der Waals surface area contributed by atoms with Gasteiger partial charge in [0.25, 0.3) is 5.91 Å². The molecule has 124 valence electrons. The van der Waals surface area contributed by atoms with E-state index < -0.39 is 11.9 Å². The fraction of sp³-hybridized carbons (Fsp3) is 0.167. The molecule has 2 aromatic carbocycles. The fourth-order valence-corrected chi connectivity index (χ4v) is 2.51. The molecule has 0 radical (unpaired) electrons. The minimum atomic E-state index is -0.572. The number of hydrogen-bond donors (Lipinski definition) is 1. The molecule has 0 saturated carbocycles. The highest BCUT2D eigenvalue weighted by atomic mass is 127. The van der Waals surface area contributed by atoms with Crippen molar-refractivity contribution in [3.8, 4) is 0 Å². The first-order chi connectivity index (χ1) is 11.5. The van der Waals surface area contributed by atoms with E-state index in [4.69, 9.17) is 4.74 Å². The van der Waals surface area contributed by atoms with Crippen molar-refractivity contribution >= 4 is 45.9 Å². The van der Waals surface area contributed by atoms with Gasteiger partial charge in [-0.2, -0.15) is 0 Å². The lowest BCUT2D eigenvalue weighted by Gasteiger charge is -2.07. The highest BCUT2D eigenvalue weighted by Crippen LogP contribution is 2.12. The van der Waals surface area contributed by atoms with Crippen LogP contribution in [-0.2, 0) is 14.3 Å². The maximum atomic E-state index is 11.9.